The van der Waals surface area contributed by atoms with Gasteiger partial charge in [0.05, 0.1) is 17.8 Å². The molecule has 0 spiro atoms. The molecule has 2 rings (SSSR count). The van der Waals surface area contributed by atoms with E-state index in [2.05, 4.69) is 15.8 Å². The highest BCUT2D eigenvalue weighted by molar-refractivity contribution is 6.32. The molecule has 0 aromatic heterocycles. The van der Waals surface area contributed by atoms with Gasteiger partial charge in [-0.15, -0.1) is 0 Å². The summed E-state index contributed by atoms with van der Waals surface area (Å²) in [5.41, 5.74) is 4.67. The maximum atomic E-state index is 11.9. The molecule has 2 aromatic carbocycles. The second kappa shape index (κ2) is 10.3. The van der Waals surface area contributed by atoms with E-state index >= 15 is 0 Å². The monoisotopic (exact) mass is 403 g/mol. The predicted octanol–water partition coefficient (Wildman–Crippen LogP) is 3.62. The van der Waals surface area contributed by atoms with E-state index in [1.54, 1.807) is 25.1 Å². The summed E-state index contributed by atoms with van der Waals surface area (Å²) in [6.45, 7) is 4.11. The average Bonchev–Trinajstić information content (AvgIpc) is 2.66. The Balaban J connectivity index is 1.81. The molecule has 8 heteroatoms. The van der Waals surface area contributed by atoms with Crippen LogP contribution in [-0.2, 0) is 9.59 Å². The number of phenolic OH excluding ortho intramolecular Hbond substituents is 1. The lowest BCUT2D eigenvalue weighted by atomic mass is 10.2. The molecular weight excluding hydrogens is 382 g/mol. The summed E-state index contributed by atoms with van der Waals surface area (Å²) in [5.74, 6) is -0.570. The molecule has 2 aromatic rings. The first-order valence-electron chi connectivity index (χ1n) is 8.72. The van der Waals surface area contributed by atoms with Crippen molar-refractivity contribution in [2.24, 2.45) is 5.10 Å². The molecular formula is C20H22ClN3O4. The first-order chi connectivity index (χ1) is 13.4. The number of hydrogen-bond donors (Lipinski definition) is 3. The van der Waals surface area contributed by atoms with Crippen LogP contribution in [0.3, 0.4) is 0 Å². The van der Waals surface area contributed by atoms with Gasteiger partial charge in [-0.2, -0.15) is 5.10 Å². The van der Waals surface area contributed by atoms with Crippen LogP contribution in [-0.4, -0.2) is 29.7 Å². The average molecular weight is 404 g/mol. The molecule has 7 nitrogen and oxygen atoms in total. The van der Waals surface area contributed by atoms with E-state index in [1.807, 2.05) is 19.1 Å². The van der Waals surface area contributed by atoms with Gasteiger partial charge in [-0.05, 0) is 43.7 Å². The van der Waals surface area contributed by atoms with Crippen LogP contribution in [0.5, 0.6) is 11.5 Å². The van der Waals surface area contributed by atoms with Crippen LogP contribution in [0.25, 0.3) is 0 Å². The number of hydrazone groups is 1. The van der Waals surface area contributed by atoms with E-state index in [9.17, 15) is 14.7 Å². The third kappa shape index (κ3) is 6.59. The summed E-state index contributed by atoms with van der Waals surface area (Å²) in [6.07, 6.45) is 1.41. The number of rotatable bonds is 8. The van der Waals surface area contributed by atoms with Gasteiger partial charge in [-0.3, -0.25) is 9.59 Å². The van der Waals surface area contributed by atoms with Crippen LogP contribution < -0.4 is 15.5 Å². The molecule has 0 aliphatic heterocycles. The minimum atomic E-state index is -0.398. The second-order valence-electron chi connectivity index (χ2n) is 5.99. The lowest BCUT2D eigenvalue weighted by Crippen LogP contribution is -2.20. The van der Waals surface area contributed by atoms with E-state index in [4.69, 9.17) is 16.3 Å². The van der Waals surface area contributed by atoms with E-state index < -0.39 is 5.91 Å². The van der Waals surface area contributed by atoms with E-state index in [-0.39, 0.29) is 35.3 Å². The molecule has 0 unspecified atom stereocenters. The Morgan fingerprint density at radius 2 is 1.86 bits per heavy atom. The van der Waals surface area contributed by atoms with Gasteiger partial charge in [-0.25, -0.2) is 5.43 Å². The zero-order chi connectivity index (χ0) is 20.5. The molecule has 0 bridgehead atoms. The molecule has 0 saturated heterocycles. The predicted molar refractivity (Wildman–Crippen MR) is 109 cm³/mol. The zero-order valence-corrected chi connectivity index (χ0v) is 16.4. The SMILES string of the molecule is CCOc1cc(C=NNC(=O)CCC(=O)Nc2ccc(C)cc2)cc(Cl)c1O. The highest BCUT2D eigenvalue weighted by Crippen LogP contribution is 2.34. The van der Waals surface area contributed by atoms with Gasteiger partial charge in [0.2, 0.25) is 11.8 Å². The van der Waals surface area contributed by atoms with E-state index in [1.165, 1.54) is 12.3 Å². The Morgan fingerprint density at radius 3 is 2.54 bits per heavy atom. The van der Waals surface area contributed by atoms with Crippen LogP contribution in [0.1, 0.15) is 30.9 Å². The normalized spacial score (nSPS) is 10.7. The van der Waals surface area contributed by atoms with Crippen molar-refractivity contribution in [3.8, 4) is 11.5 Å². The number of anilines is 1. The topological polar surface area (TPSA) is 100 Å². The highest BCUT2D eigenvalue weighted by atomic mass is 35.5. The zero-order valence-electron chi connectivity index (χ0n) is 15.7. The number of nitrogens with zero attached hydrogens (tertiary/aromatic N) is 1. The second-order valence-corrected chi connectivity index (χ2v) is 6.40. The van der Waals surface area contributed by atoms with Crippen molar-refractivity contribution in [1.29, 1.82) is 0 Å². The molecule has 3 N–H and O–H groups in total. The van der Waals surface area contributed by atoms with E-state index in [0.29, 0.717) is 17.9 Å². The van der Waals surface area contributed by atoms with Gasteiger partial charge in [0.15, 0.2) is 11.5 Å². The summed E-state index contributed by atoms with van der Waals surface area (Å²) in [4.78, 5) is 23.7. The number of halogens is 1. The molecule has 0 aliphatic rings. The highest BCUT2D eigenvalue weighted by Gasteiger charge is 2.09. The van der Waals surface area contributed by atoms with Crippen molar-refractivity contribution < 1.29 is 19.4 Å². The van der Waals surface area contributed by atoms with Crippen molar-refractivity contribution in [1.82, 2.24) is 5.43 Å². The van der Waals surface area contributed by atoms with Crippen LogP contribution in [0, 0.1) is 6.92 Å². The third-order valence-electron chi connectivity index (χ3n) is 3.67. The lowest BCUT2D eigenvalue weighted by molar-refractivity contribution is -0.124. The maximum absolute atomic E-state index is 11.9. The largest absolute Gasteiger partial charge is 0.503 e. The van der Waals surface area contributed by atoms with Crippen molar-refractivity contribution in [3.63, 3.8) is 0 Å². The molecule has 28 heavy (non-hydrogen) atoms. The Bertz CT molecular complexity index is 866. The number of benzene rings is 2. The number of carbonyl (C=O) groups excluding carboxylic acids is 2. The number of phenols is 1. The smallest absolute Gasteiger partial charge is 0.240 e. The van der Waals surface area contributed by atoms with Gasteiger partial charge in [0.25, 0.3) is 0 Å². The van der Waals surface area contributed by atoms with Crippen LogP contribution in [0.15, 0.2) is 41.5 Å². The first kappa shape index (κ1) is 21.2. The fraction of sp³-hybridized carbons (Fsp3) is 0.250. The minimum absolute atomic E-state index is 0.00440. The summed E-state index contributed by atoms with van der Waals surface area (Å²) >= 11 is 5.93. The molecule has 0 atom stereocenters. The Kier molecular flexibility index (Phi) is 7.83. The number of aryl methyl sites for hydroxylation is 1. The standard InChI is InChI=1S/C20H22ClN3O4/c1-3-28-17-11-14(10-16(21)20(17)27)12-22-24-19(26)9-8-18(25)23-15-6-4-13(2)5-7-15/h4-7,10-12,27H,3,8-9H2,1-2H3,(H,23,25)(H,24,26). The van der Waals surface area contributed by atoms with Crippen molar-refractivity contribution in [2.45, 2.75) is 26.7 Å². The molecule has 0 heterocycles. The number of carbonyl (C=O) groups is 2. The minimum Gasteiger partial charge on any atom is -0.503 e. The summed E-state index contributed by atoms with van der Waals surface area (Å²) < 4.78 is 5.28. The quantitative estimate of drug-likeness (QED) is 0.463. The number of amides is 2. The van der Waals surface area contributed by atoms with Gasteiger partial charge in [0.1, 0.15) is 0 Å². The fourth-order valence-electron chi connectivity index (χ4n) is 2.26. The van der Waals surface area contributed by atoms with Crippen molar-refractivity contribution >= 4 is 35.3 Å². The Labute approximate surface area is 168 Å². The molecule has 0 fully saturated rings. The van der Waals surface area contributed by atoms with Crippen molar-refractivity contribution in [2.75, 3.05) is 11.9 Å². The maximum Gasteiger partial charge on any atom is 0.240 e. The molecule has 0 radical (unpaired) electrons. The third-order valence-corrected chi connectivity index (χ3v) is 3.96. The lowest BCUT2D eigenvalue weighted by Gasteiger charge is -2.08. The van der Waals surface area contributed by atoms with Gasteiger partial charge in [-0.1, -0.05) is 29.3 Å². The van der Waals surface area contributed by atoms with Crippen LogP contribution in [0.2, 0.25) is 5.02 Å². The first-order valence-corrected chi connectivity index (χ1v) is 9.10. The molecule has 2 amide bonds. The Morgan fingerprint density at radius 1 is 1.18 bits per heavy atom. The van der Waals surface area contributed by atoms with Crippen molar-refractivity contribution in [3.05, 3.63) is 52.5 Å². The molecule has 0 saturated carbocycles. The van der Waals surface area contributed by atoms with Gasteiger partial charge < -0.3 is 15.2 Å². The summed E-state index contributed by atoms with van der Waals surface area (Å²) in [7, 11) is 0. The fourth-order valence-corrected chi connectivity index (χ4v) is 2.48. The van der Waals surface area contributed by atoms with Crippen LogP contribution in [0.4, 0.5) is 5.69 Å². The number of aromatic hydroxyl groups is 1. The van der Waals surface area contributed by atoms with E-state index in [0.717, 1.165) is 5.56 Å². The molecule has 148 valence electrons. The Hall–Kier alpha value is -3.06. The number of ether oxygens (including phenoxy) is 1. The molecule has 0 aliphatic carbocycles. The number of nitrogens with one attached hydrogen (secondary N) is 2. The summed E-state index contributed by atoms with van der Waals surface area (Å²) in [5, 5.41) is 16.5. The summed E-state index contributed by atoms with van der Waals surface area (Å²) in [6, 6.07) is 10.4. The number of hydrogen-bond acceptors (Lipinski definition) is 5. The van der Waals surface area contributed by atoms with Gasteiger partial charge >= 0.3 is 0 Å². The van der Waals surface area contributed by atoms with Crippen LogP contribution >= 0.6 is 11.6 Å². The van der Waals surface area contributed by atoms with Gasteiger partial charge in [0, 0.05) is 18.5 Å².